The zero-order valence-corrected chi connectivity index (χ0v) is 18.3. The van der Waals surface area contributed by atoms with Crippen molar-refractivity contribution in [3.05, 3.63) is 39.3 Å². The molecule has 0 saturated carbocycles. The van der Waals surface area contributed by atoms with Crippen molar-refractivity contribution in [3.63, 3.8) is 0 Å². The molecule has 0 aliphatic carbocycles. The smallest absolute Gasteiger partial charge is 0.193 e. The molecule has 2 aromatic rings. The van der Waals surface area contributed by atoms with Crippen molar-refractivity contribution in [1.82, 2.24) is 20.0 Å². The summed E-state index contributed by atoms with van der Waals surface area (Å²) in [7, 11) is 5.92. The van der Waals surface area contributed by atoms with Crippen LogP contribution in [0.5, 0.6) is 0 Å². The Labute approximate surface area is 166 Å². The molecule has 2 aromatic heterocycles. The first-order chi connectivity index (χ1) is 11.1. The lowest BCUT2D eigenvalue weighted by molar-refractivity contribution is 0.477. The van der Waals surface area contributed by atoms with Crippen LogP contribution in [0, 0.1) is 0 Å². The van der Waals surface area contributed by atoms with E-state index in [1.807, 2.05) is 18.8 Å². The van der Waals surface area contributed by atoms with Gasteiger partial charge in [0, 0.05) is 45.5 Å². The summed E-state index contributed by atoms with van der Waals surface area (Å²) in [6, 6.07) is 2.15. The summed E-state index contributed by atoms with van der Waals surface area (Å²) in [5.74, 6) is 0.907. The van der Waals surface area contributed by atoms with Gasteiger partial charge in [-0.3, -0.25) is 9.67 Å². The Balaban J connectivity index is 0.00000288. The summed E-state index contributed by atoms with van der Waals surface area (Å²) in [5, 5.41) is 12.4. The maximum atomic E-state index is 4.63. The number of halogens is 1. The second-order valence-corrected chi connectivity index (χ2v) is 6.37. The van der Waals surface area contributed by atoms with Crippen LogP contribution in [-0.2, 0) is 33.0 Å². The minimum Gasteiger partial charge on any atom is -0.352 e. The highest BCUT2D eigenvalue weighted by molar-refractivity contribution is 14.0. The summed E-state index contributed by atoms with van der Waals surface area (Å²) >= 11 is 1.73. The van der Waals surface area contributed by atoms with Gasteiger partial charge in [0.15, 0.2) is 5.96 Å². The van der Waals surface area contributed by atoms with Crippen molar-refractivity contribution < 1.29 is 0 Å². The molecule has 2 heterocycles. The van der Waals surface area contributed by atoms with E-state index >= 15 is 0 Å². The fourth-order valence-corrected chi connectivity index (χ4v) is 3.54. The van der Waals surface area contributed by atoms with E-state index in [1.165, 1.54) is 22.5 Å². The van der Waals surface area contributed by atoms with Crippen LogP contribution in [-0.4, -0.2) is 34.7 Å². The average Bonchev–Trinajstić information content (AvgIpc) is 3.15. The molecular formula is C17H28IN5S. The minimum atomic E-state index is 0. The number of rotatable bonds is 6. The molecule has 0 radical (unpaired) electrons. The molecule has 0 fully saturated rings. The van der Waals surface area contributed by atoms with Gasteiger partial charge in [0.25, 0.3) is 0 Å². The fraction of sp³-hybridized carbons (Fsp3) is 0.529. The van der Waals surface area contributed by atoms with Crippen LogP contribution in [0.15, 0.2) is 21.8 Å². The molecule has 0 saturated heterocycles. The Bertz CT molecular complexity index is 648. The number of nitrogens with zero attached hydrogens (tertiary/aromatic N) is 4. The first-order valence-corrected chi connectivity index (χ1v) is 9.01. The van der Waals surface area contributed by atoms with Crippen molar-refractivity contribution in [3.8, 4) is 0 Å². The molecule has 5 nitrogen and oxygen atoms in total. The van der Waals surface area contributed by atoms with Crippen LogP contribution in [0.2, 0.25) is 0 Å². The summed E-state index contributed by atoms with van der Waals surface area (Å²) in [6.45, 7) is 5.96. The first kappa shape index (κ1) is 21.0. The average molecular weight is 461 g/mol. The lowest BCUT2D eigenvalue weighted by Crippen LogP contribution is -2.38. The predicted molar refractivity (Wildman–Crippen MR) is 113 cm³/mol. The topological polar surface area (TPSA) is 45.5 Å². The zero-order chi connectivity index (χ0) is 16.8. The predicted octanol–water partition coefficient (Wildman–Crippen LogP) is 3.43. The molecular weight excluding hydrogens is 433 g/mol. The molecule has 0 unspecified atom stereocenters. The third kappa shape index (κ3) is 4.95. The SMILES string of the molecule is CCc1nn(C)c(CC)c1CNC(=NC)N(C)Cc1ccsc1.I. The van der Waals surface area contributed by atoms with Crippen LogP contribution in [0.4, 0.5) is 0 Å². The molecule has 0 atom stereocenters. The highest BCUT2D eigenvalue weighted by atomic mass is 127. The van der Waals surface area contributed by atoms with Gasteiger partial charge in [-0.05, 0) is 35.2 Å². The van der Waals surface area contributed by atoms with Gasteiger partial charge in [0.1, 0.15) is 0 Å². The van der Waals surface area contributed by atoms with Crippen molar-refractivity contribution in [1.29, 1.82) is 0 Å². The van der Waals surface area contributed by atoms with Gasteiger partial charge < -0.3 is 10.2 Å². The van der Waals surface area contributed by atoms with E-state index in [4.69, 9.17) is 0 Å². The molecule has 0 spiro atoms. The number of hydrogen-bond donors (Lipinski definition) is 1. The van der Waals surface area contributed by atoms with Crippen molar-refractivity contribution >= 4 is 41.3 Å². The Morgan fingerprint density at radius 1 is 1.38 bits per heavy atom. The van der Waals surface area contributed by atoms with Gasteiger partial charge >= 0.3 is 0 Å². The van der Waals surface area contributed by atoms with Gasteiger partial charge in [-0.2, -0.15) is 16.4 Å². The molecule has 0 amide bonds. The normalized spacial score (nSPS) is 11.3. The number of aryl methyl sites for hydroxylation is 2. The molecule has 1 N–H and O–H groups in total. The van der Waals surface area contributed by atoms with Crippen LogP contribution in [0.25, 0.3) is 0 Å². The molecule has 0 aromatic carbocycles. The molecule has 0 aliphatic rings. The van der Waals surface area contributed by atoms with Gasteiger partial charge in [0.05, 0.1) is 5.69 Å². The van der Waals surface area contributed by atoms with E-state index in [0.717, 1.165) is 31.9 Å². The summed E-state index contributed by atoms with van der Waals surface area (Å²) in [6.07, 6.45) is 1.94. The standard InChI is InChI=1S/C17H27N5S.HI/c1-6-15-14(16(7-2)22(5)20-15)10-19-17(18-3)21(4)11-13-8-9-23-12-13;/h8-9,12H,6-7,10-11H2,1-5H3,(H,18,19);1H. The number of thiophene rings is 1. The Morgan fingerprint density at radius 2 is 2.12 bits per heavy atom. The summed E-state index contributed by atoms with van der Waals surface area (Å²) < 4.78 is 2.01. The van der Waals surface area contributed by atoms with Crippen LogP contribution in [0.1, 0.15) is 36.4 Å². The lowest BCUT2D eigenvalue weighted by atomic mass is 10.1. The maximum absolute atomic E-state index is 4.63. The molecule has 134 valence electrons. The molecule has 0 bridgehead atoms. The molecule has 24 heavy (non-hydrogen) atoms. The van der Waals surface area contributed by atoms with Crippen molar-refractivity contribution in [2.45, 2.75) is 39.8 Å². The number of aliphatic imine (C=N–C) groups is 1. The van der Waals surface area contributed by atoms with E-state index in [1.54, 1.807) is 11.3 Å². The van der Waals surface area contributed by atoms with Gasteiger partial charge in [-0.1, -0.05) is 13.8 Å². The third-order valence-electron chi connectivity index (χ3n) is 4.02. The third-order valence-corrected chi connectivity index (χ3v) is 4.76. The number of hydrogen-bond acceptors (Lipinski definition) is 3. The van der Waals surface area contributed by atoms with Crippen molar-refractivity contribution in [2.75, 3.05) is 14.1 Å². The first-order valence-electron chi connectivity index (χ1n) is 8.07. The lowest BCUT2D eigenvalue weighted by Gasteiger charge is -2.22. The van der Waals surface area contributed by atoms with E-state index in [0.29, 0.717) is 0 Å². The fourth-order valence-electron chi connectivity index (χ4n) is 2.88. The van der Waals surface area contributed by atoms with E-state index in [2.05, 4.69) is 58.0 Å². The van der Waals surface area contributed by atoms with Crippen LogP contribution in [0.3, 0.4) is 0 Å². The number of nitrogens with one attached hydrogen (secondary N) is 1. The van der Waals surface area contributed by atoms with Gasteiger partial charge in [-0.15, -0.1) is 24.0 Å². The minimum absolute atomic E-state index is 0. The van der Waals surface area contributed by atoms with E-state index in [9.17, 15) is 0 Å². The number of aromatic nitrogens is 2. The molecule has 7 heteroatoms. The Kier molecular flexibility index (Phi) is 8.75. The Morgan fingerprint density at radius 3 is 2.67 bits per heavy atom. The van der Waals surface area contributed by atoms with Crippen LogP contribution < -0.4 is 5.32 Å². The molecule has 2 rings (SSSR count). The second kappa shape index (κ2) is 10.0. The molecule has 0 aliphatic heterocycles. The largest absolute Gasteiger partial charge is 0.352 e. The number of guanidine groups is 1. The quantitative estimate of drug-likeness (QED) is 0.408. The maximum Gasteiger partial charge on any atom is 0.193 e. The summed E-state index contributed by atoms with van der Waals surface area (Å²) in [5.41, 5.74) is 5.09. The Hall–Kier alpha value is -1.09. The highest BCUT2D eigenvalue weighted by Crippen LogP contribution is 2.15. The van der Waals surface area contributed by atoms with E-state index < -0.39 is 0 Å². The summed E-state index contributed by atoms with van der Waals surface area (Å²) in [4.78, 5) is 6.56. The monoisotopic (exact) mass is 461 g/mol. The van der Waals surface area contributed by atoms with Gasteiger partial charge in [0.2, 0.25) is 0 Å². The highest BCUT2D eigenvalue weighted by Gasteiger charge is 2.15. The zero-order valence-electron chi connectivity index (χ0n) is 15.2. The van der Waals surface area contributed by atoms with Gasteiger partial charge in [-0.25, -0.2) is 0 Å². The van der Waals surface area contributed by atoms with E-state index in [-0.39, 0.29) is 24.0 Å². The second-order valence-electron chi connectivity index (χ2n) is 5.59. The van der Waals surface area contributed by atoms with Crippen molar-refractivity contribution in [2.24, 2.45) is 12.0 Å². The van der Waals surface area contributed by atoms with Crippen LogP contribution >= 0.6 is 35.3 Å².